The summed E-state index contributed by atoms with van der Waals surface area (Å²) in [5.74, 6) is 1.17. The number of β-amino-alcohol motifs (C(OH)–C–C–N with tert-alkyl or cyclic N) is 1. The maximum atomic E-state index is 10.2. The summed E-state index contributed by atoms with van der Waals surface area (Å²) < 4.78 is 5.34. The zero-order chi connectivity index (χ0) is 14.5. The van der Waals surface area contributed by atoms with Crippen LogP contribution in [0.3, 0.4) is 0 Å². The van der Waals surface area contributed by atoms with E-state index in [1.807, 2.05) is 11.9 Å². The van der Waals surface area contributed by atoms with Crippen molar-refractivity contribution in [2.24, 2.45) is 0 Å². The van der Waals surface area contributed by atoms with Crippen LogP contribution < -0.4 is 0 Å². The number of aryl methyl sites for hydroxylation is 1. The van der Waals surface area contributed by atoms with Gasteiger partial charge in [-0.15, -0.1) is 10.2 Å². The largest absolute Gasteiger partial charge is 0.424 e. The summed E-state index contributed by atoms with van der Waals surface area (Å²) in [4.78, 5) is 6.63. The molecule has 1 aliphatic rings. The topological polar surface area (TPSA) is 68.9 Å². The van der Waals surface area contributed by atoms with Crippen molar-refractivity contribution in [3.05, 3.63) is 11.8 Å². The van der Waals surface area contributed by atoms with E-state index in [-0.39, 0.29) is 6.10 Å². The van der Waals surface area contributed by atoms with Gasteiger partial charge in [0.2, 0.25) is 11.8 Å². The first-order chi connectivity index (χ1) is 9.52. The van der Waals surface area contributed by atoms with Crippen LogP contribution in [0.15, 0.2) is 4.42 Å². The molecule has 1 aromatic heterocycles. The van der Waals surface area contributed by atoms with Gasteiger partial charge < -0.3 is 14.4 Å². The van der Waals surface area contributed by atoms with Gasteiger partial charge in [-0.3, -0.25) is 9.80 Å². The van der Waals surface area contributed by atoms with E-state index >= 15 is 0 Å². The van der Waals surface area contributed by atoms with Crippen LogP contribution in [0, 0.1) is 6.92 Å². The summed E-state index contributed by atoms with van der Waals surface area (Å²) in [6.07, 6.45) is -0.354. The molecule has 0 spiro atoms. The lowest BCUT2D eigenvalue weighted by Gasteiger charge is -2.34. The van der Waals surface area contributed by atoms with Crippen LogP contribution in [0.1, 0.15) is 11.8 Å². The molecule has 1 aromatic rings. The molecule has 1 aliphatic heterocycles. The minimum atomic E-state index is -0.354. The lowest BCUT2D eigenvalue weighted by atomic mass is 10.2. The van der Waals surface area contributed by atoms with Crippen molar-refractivity contribution >= 4 is 0 Å². The molecule has 0 aliphatic carbocycles. The van der Waals surface area contributed by atoms with Crippen molar-refractivity contribution in [1.29, 1.82) is 0 Å². The molecule has 0 saturated carbocycles. The van der Waals surface area contributed by atoms with Crippen LogP contribution in [0.2, 0.25) is 0 Å². The second-order valence-corrected chi connectivity index (χ2v) is 5.67. The Labute approximate surface area is 120 Å². The van der Waals surface area contributed by atoms with E-state index in [9.17, 15) is 5.11 Å². The first-order valence-corrected chi connectivity index (χ1v) is 7.09. The predicted molar refractivity (Wildman–Crippen MR) is 75.3 cm³/mol. The van der Waals surface area contributed by atoms with E-state index < -0.39 is 0 Å². The summed E-state index contributed by atoms with van der Waals surface area (Å²) in [5.41, 5.74) is 0. The second kappa shape index (κ2) is 7.12. The monoisotopic (exact) mass is 283 g/mol. The Balaban J connectivity index is 1.69. The Hall–Kier alpha value is -1.02. The van der Waals surface area contributed by atoms with Gasteiger partial charge >= 0.3 is 0 Å². The van der Waals surface area contributed by atoms with Crippen LogP contribution in [0.5, 0.6) is 0 Å². The summed E-state index contributed by atoms with van der Waals surface area (Å²) in [6.45, 7) is 7.88. The van der Waals surface area contributed by atoms with Crippen molar-refractivity contribution in [2.75, 3.05) is 53.4 Å². The van der Waals surface area contributed by atoms with Gasteiger partial charge in [-0.2, -0.15) is 0 Å². The minimum Gasteiger partial charge on any atom is -0.424 e. The molecule has 20 heavy (non-hydrogen) atoms. The van der Waals surface area contributed by atoms with Crippen molar-refractivity contribution in [1.82, 2.24) is 24.9 Å². The molecule has 7 heteroatoms. The van der Waals surface area contributed by atoms with Gasteiger partial charge in [-0.05, 0) is 14.1 Å². The fourth-order valence-corrected chi connectivity index (χ4v) is 2.44. The number of aliphatic hydroxyl groups is 1. The Morgan fingerprint density at radius 3 is 2.60 bits per heavy atom. The van der Waals surface area contributed by atoms with E-state index in [1.54, 1.807) is 6.92 Å². The first kappa shape index (κ1) is 15.4. The first-order valence-electron chi connectivity index (χ1n) is 7.09. The smallest absolute Gasteiger partial charge is 0.230 e. The SMILES string of the molecule is Cc1nnc(CN(C)CC(O)CN2CCN(C)CC2)o1. The third-order valence-electron chi connectivity index (χ3n) is 3.56. The van der Waals surface area contributed by atoms with Crippen molar-refractivity contribution in [3.63, 3.8) is 0 Å². The van der Waals surface area contributed by atoms with Crippen molar-refractivity contribution in [2.45, 2.75) is 19.6 Å². The van der Waals surface area contributed by atoms with Gasteiger partial charge in [0.15, 0.2) is 0 Å². The zero-order valence-electron chi connectivity index (χ0n) is 12.6. The molecule has 0 radical (unpaired) electrons. The molecule has 1 unspecified atom stereocenters. The minimum absolute atomic E-state index is 0.354. The van der Waals surface area contributed by atoms with E-state index in [2.05, 4.69) is 27.0 Å². The van der Waals surface area contributed by atoms with Gasteiger partial charge in [0.1, 0.15) is 0 Å². The fourth-order valence-electron chi connectivity index (χ4n) is 2.44. The molecule has 1 N–H and O–H groups in total. The molecule has 0 bridgehead atoms. The lowest BCUT2D eigenvalue weighted by molar-refractivity contribution is 0.0577. The van der Waals surface area contributed by atoms with Crippen LogP contribution in [0.25, 0.3) is 0 Å². The Morgan fingerprint density at radius 1 is 1.30 bits per heavy atom. The highest BCUT2D eigenvalue weighted by Crippen LogP contribution is 2.04. The van der Waals surface area contributed by atoms with Crippen LogP contribution in [-0.2, 0) is 6.54 Å². The average Bonchev–Trinajstić information content (AvgIpc) is 2.77. The maximum Gasteiger partial charge on any atom is 0.230 e. The number of aromatic nitrogens is 2. The Kier molecular flexibility index (Phi) is 5.47. The number of nitrogens with zero attached hydrogens (tertiary/aromatic N) is 5. The van der Waals surface area contributed by atoms with Crippen LogP contribution >= 0.6 is 0 Å². The average molecular weight is 283 g/mol. The van der Waals surface area contributed by atoms with Gasteiger partial charge in [0, 0.05) is 46.2 Å². The van der Waals surface area contributed by atoms with Gasteiger partial charge in [-0.1, -0.05) is 0 Å². The number of rotatable bonds is 6. The molecule has 0 aromatic carbocycles. The van der Waals surface area contributed by atoms with E-state index in [0.717, 1.165) is 32.7 Å². The van der Waals surface area contributed by atoms with Crippen LogP contribution in [-0.4, -0.2) is 89.5 Å². The van der Waals surface area contributed by atoms with Crippen molar-refractivity contribution in [3.8, 4) is 0 Å². The maximum absolute atomic E-state index is 10.2. The molecule has 7 nitrogen and oxygen atoms in total. The highest BCUT2D eigenvalue weighted by molar-refractivity contribution is 4.80. The molecular weight excluding hydrogens is 258 g/mol. The van der Waals surface area contributed by atoms with Gasteiger partial charge in [0.25, 0.3) is 0 Å². The molecule has 1 atom stereocenters. The lowest BCUT2D eigenvalue weighted by Crippen LogP contribution is -2.48. The third kappa shape index (κ3) is 4.82. The molecule has 114 valence electrons. The zero-order valence-corrected chi connectivity index (χ0v) is 12.6. The summed E-state index contributed by atoms with van der Waals surface area (Å²) in [6, 6.07) is 0. The highest BCUT2D eigenvalue weighted by Gasteiger charge is 2.18. The molecule has 1 fully saturated rings. The summed E-state index contributed by atoms with van der Waals surface area (Å²) in [7, 11) is 4.08. The van der Waals surface area contributed by atoms with Gasteiger partial charge in [0.05, 0.1) is 12.6 Å². The van der Waals surface area contributed by atoms with Gasteiger partial charge in [-0.25, -0.2) is 0 Å². The number of hydrogen-bond donors (Lipinski definition) is 1. The van der Waals surface area contributed by atoms with E-state index in [0.29, 0.717) is 24.9 Å². The second-order valence-electron chi connectivity index (χ2n) is 5.67. The normalized spacial score (nSPS) is 19.6. The molecule has 0 amide bonds. The molecule has 2 rings (SSSR count). The fraction of sp³-hybridized carbons (Fsp3) is 0.846. The third-order valence-corrected chi connectivity index (χ3v) is 3.56. The predicted octanol–water partition coefficient (Wildman–Crippen LogP) is -0.582. The number of hydrogen-bond acceptors (Lipinski definition) is 7. The standard InChI is InChI=1S/C13H25N5O2/c1-11-14-15-13(20-11)10-17(3)8-12(19)9-18-6-4-16(2)5-7-18/h12,19H,4-10H2,1-3H3. The Morgan fingerprint density at radius 2 is 2.00 bits per heavy atom. The summed E-state index contributed by atoms with van der Waals surface area (Å²) in [5, 5.41) is 17.9. The molecule has 2 heterocycles. The Bertz CT molecular complexity index is 403. The quantitative estimate of drug-likeness (QED) is 0.749. The summed E-state index contributed by atoms with van der Waals surface area (Å²) >= 11 is 0. The highest BCUT2D eigenvalue weighted by atomic mass is 16.4. The van der Waals surface area contributed by atoms with E-state index in [1.165, 1.54) is 0 Å². The number of aliphatic hydroxyl groups excluding tert-OH is 1. The number of likely N-dealkylation sites (N-methyl/N-ethyl adjacent to an activating group) is 2. The molecular formula is C13H25N5O2. The van der Waals surface area contributed by atoms with Crippen LogP contribution in [0.4, 0.5) is 0 Å². The number of piperazine rings is 1. The van der Waals surface area contributed by atoms with Crippen molar-refractivity contribution < 1.29 is 9.52 Å². The molecule has 1 saturated heterocycles. The van der Waals surface area contributed by atoms with E-state index in [4.69, 9.17) is 4.42 Å².